The molecule has 0 aromatic heterocycles. The Morgan fingerprint density at radius 2 is 2.36 bits per heavy atom. The Kier molecular flexibility index (Phi) is 2.77. The third kappa shape index (κ3) is 2.37. The van der Waals surface area contributed by atoms with E-state index in [0.29, 0.717) is 11.8 Å². The van der Waals surface area contributed by atoms with Crippen molar-refractivity contribution in [3.63, 3.8) is 0 Å². The average Bonchev–Trinajstić information content (AvgIpc) is 2.66. The molecule has 11 heavy (non-hydrogen) atoms. The van der Waals surface area contributed by atoms with E-state index in [-0.39, 0.29) is 17.9 Å². The lowest BCUT2D eigenvalue weighted by molar-refractivity contribution is -0.123. The summed E-state index contributed by atoms with van der Waals surface area (Å²) in [5, 5.41) is 2.85. The molecule has 0 aromatic carbocycles. The molecular formula is C8H14ClNO. The van der Waals surface area contributed by atoms with E-state index in [9.17, 15) is 4.79 Å². The number of halogens is 1. The van der Waals surface area contributed by atoms with Crippen LogP contribution >= 0.6 is 11.6 Å². The summed E-state index contributed by atoms with van der Waals surface area (Å²) >= 11 is 5.54. The Morgan fingerprint density at radius 3 is 2.73 bits per heavy atom. The summed E-state index contributed by atoms with van der Waals surface area (Å²) in [6, 6.07) is 0.108. The molecule has 0 spiro atoms. The first-order chi connectivity index (χ1) is 5.15. The summed E-state index contributed by atoms with van der Waals surface area (Å²) in [5.41, 5.74) is 0. The van der Waals surface area contributed by atoms with Gasteiger partial charge in [0.15, 0.2) is 0 Å². The predicted molar refractivity (Wildman–Crippen MR) is 45.6 cm³/mol. The van der Waals surface area contributed by atoms with E-state index >= 15 is 0 Å². The molecule has 0 aliphatic heterocycles. The maximum atomic E-state index is 11.2. The first-order valence-electron chi connectivity index (χ1n) is 4.01. The molecule has 0 heterocycles. The fourth-order valence-corrected chi connectivity index (χ4v) is 1.15. The number of carbonyl (C=O) groups excluding carboxylic acids is 1. The van der Waals surface area contributed by atoms with Crippen molar-refractivity contribution in [1.82, 2.24) is 5.32 Å². The Morgan fingerprint density at radius 1 is 1.82 bits per heavy atom. The fraction of sp³-hybridized carbons (Fsp3) is 0.875. The van der Waals surface area contributed by atoms with Gasteiger partial charge in [-0.05, 0) is 19.3 Å². The van der Waals surface area contributed by atoms with Crippen LogP contribution in [-0.4, -0.2) is 17.8 Å². The van der Waals surface area contributed by atoms with Crippen molar-refractivity contribution >= 4 is 17.5 Å². The molecule has 1 amide bonds. The quantitative estimate of drug-likeness (QED) is 0.646. The van der Waals surface area contributed by atoms with Gasteiger partial charge < -0.3 is 5.32 Å². The largest absolute Gasteiger partial charge is 0.352 e. The maximum absolute atomic E-state index is 11.2. The molecule has 1 N–H and O–H groups in total. The van der Waals surface area contributed by atoms with Crippen LogP contribution in [0, 0.1) is 11.8 Å². The van der Waals surface area contributed by atoms with Crippen molar-refractivity contribution < 1.29 is 4.79 Å². The third-order valence-electron chi connectivity index (χ3n) is 2.07. The van der Waals surface area contributed by atoms with Crippen LogP contribution in [0.5, 0.6) is 0 Å². The van der Waals surface area contributed by atoms with Gasteiger partial charge in [-0.25, -0.2) is 0 Å². The SMILES string of the molecule is CC(CCl)NC(=O)C1CC1C. The summed E-state index contributed by atoms with van der Waals surface area (Å²) in [6.07, 6.45) is 1.04. The second-order valence-electron chi connectivity index (χ2n) is 3.38. The van der Waals surface area contributed by atoms with Gasteiger partial charge in [0.25, 0.3) is 0 Å². The third-order valence-corrected chi connectivity index (χ3v) is 2.53. The Hall–Kier alpha value is -0.240. The molecule has 3 heteroatoms. The Bertz CT molecular complexity index is 160. The van der Waals surface area contributed by atoms with Crippen LogP contribution in [0.2, 0.25) is 0 Å². The monoisotopic (exact) mass is 175 g/mol. The van der Waals surface area contributed by atoms with E-state index in [1.54, 1.807) is 0 Å². The van der Waals surface area contributed by atoms with Gasteiger partial charge in [-0.15, -0.1) is 11.6 Å². The predicted octanol–water partition coefficient (Wildman–Crippen LogP) is 1.39. The number of nitrogens with one attached hydrogen (secondary N) is 1. The molecule has 1 rings (SSSR count). The van der Waals surface area contributed by atoms with E-state index in [0.717, 1.165) is 6.42 Å². The van der Waals surface area contributed by atoms with Crippen molar-refractivity contribution in [1.29, 1.82) is 0 Å². The van der Waals surface area contributed by atoms with Crippen LogP contribution < -0.4 is 5.32 Å². The second-order valence-corrected chi connectivity index (χ2v) is 3.69. The van der Waals surface area contributed by atoms with Gasteiger partial charge >= 0.3 is 0 Å². The van der Waals surface area contributed by atoms with Crippen LogP contribution in [0.4, 0.5) is 0 Å². The molecule has 0 bridgehead atoms. The van der Waals surface area contributed by atoms with E-state index < -0.39 is 0 Å². The van der Waals surface area contributed by atoms with Crippen molar-refractivity contribution in [3.8, 4) is 0 Å². The van der Waals surface area contributed by atoms with Gasteiger partial charge in [-0.3, -0.25) is 4.79 Å². The first-order valence-corrected chi connectivity index (χ1v) is 4.55. The number of hydrogen-bond acceptors (Lipinski definition) is 1. The first kappa shape index (κ1) is 8.85. The van der Waals surface area contributed by atoms with Crippen LogP contribution in [-0.2, 0) is 4.79 Å². The highest BCUT2D eigenvalue weighted by Crippen LogP contribution is 2.37. The number of hydrogen-bond donors (Lipinski definition) is 1. The van der Waals surface area contributed by atoms with Gasteiger partial charge in [-0.2, -0.15) is 0 Å². The van der Waals surface area contributed by atoms with E-state index in [2.05, 4.69) is 12.2 Å². The summed E-state index contributed by atoms with van der Waals surface area (Å²) in [4.78, 5) is 11.2. The van der Waals surface area contributed by atoms with Crippen LogP contribution in [0.15, 0.2) is 0 Å². The number of carbonyl (C=O) groups is 1. The lowest BCUT2D eigenvalue weighted by atomic mass is 10.3. The zero-order chi connectivity index (χ0) is 8.43. The van der Waals surface area contributed by atoms with E-state index in [1.165, 1.54) is 0 Å². The van der Waals surface area contributed by atoms with Crippen molar-refractivity contribution in [3.05, 3.63) is 0 Å². The molecule has 1 aliphatic carbocycles. The van der Waals surface area contributed by atoms with Crippen LogP contribution in [0.1, 0.15) is 20.3 Å². The minimum Gasteiger partial charge on any atom is -0.352 e. The molecule has 2 nitrogen and oxygen atoms in total. The van der Waals surface area contributed by atoms with Crippen molar-refractivity contribution in [2.24, 2.45) is 11.8 Å². The molecule has 0 aromatic rings. The molecule has 0 radical (unpaired) electrons. The average molecular weight is 176 g/mol. The summed E-state index contributed by atoms with van der Waals surface area (Å²) in [7, 11) is 0. The zero-order valence-corrected chi connectivity index (χ0v) is 7.69. The van der Waals surface area contributed by atoms with Crippen molar-refractivity contribution in [2.75, 3.05) is 5.88 Å². The highest BCUT2D eigenvalue weighted by molar-refractivity contribution is 6.18. The topological polar surface area (TPSA) is 29.1 Å². The molecule has 1 aliphatic rings. The molecule has 3 unspecified atom stereocenters. The number of amides is 1. The van der Waals surface area contributed by atoms with Crippen molar-refractivity contribution in [2.45, 2.75) is 26.3 Å². The minimum absolute atomic E-state index is 0.108. The smallest absolute Gasteiger partial charge is 0.223 e. The lowest BCUT2D eigenvalue weighted by Crippen LogP contribution is -2.35. The maximum Gasteiger partial charge on any atom is 0.223 e. The van der Waals surface area contributed by atoms with Crippen LogP contribution in [0.25, 0.3) is 0 Å². The van der Waals surface area contributed by atoms with Gasteiger partial charge in [0.1, 0.15) is 0 Å². The fourth-order valence-electron chi connectivity index (χ4n) is 1.08. The normalized spacial score (nSPS) is 31.2. The Balaban J connectivity index is 2.21. The standard InChI is InChI=1S/C8H14ClNO/c1-5-3-7(5)8(11)10-6(2)4-9/h5-7H,3-4H2,1-2H3,(H,10,11). The van der Waals surface area contributed by atoms with Crippen LogP contribution in [0.3, 0.4) is 0 Å². The number of rotatable bonds is 3. The molecule has 1 fully saturated rings. The van der Waals surface area contributed by atoms with E-state index in [4.69, 9.17) is 11.6 Å². The highest BCUT2D eigenvalue weighted by atomic mass is 35.5. The molecule has 3 atom stereocenters. The number of alkyl halides is 1. The summed E-state index contributed by atoms with van der Waals surface area (Å²) < 4.78 is 0. The van der Waals surface area contributed by atoms with Gasteiger partial charge in [-0.1, -0.05) is 6.92 Å². The van der Waals surface area contributed by atoms with Gasteiger partial charge in [0, 0.05) is 17.8 Å². The highest BCUT2D eigenvalue weighted by Gasteiger charge is 2.39. The molecular weight excluding hydrogens is 162 g/mol. The molecule has 0 saturated heterocycles. The lowest BCUT2D eigenvalue weighted by Gasteiger charge is -2.09. The molecule has 64 valence electrons. The van der Waals surface area contributed by atoms with Gasteiger partial charge in [0.05, 0.1) is 0 Å². The molecule has 1 saturated carbocycles. The zero-order valence-electron chi connectivity index (χ0n) is 6.93. The van der Waals surface area contributed by atoms with E-state index in [1.807, 2.05) is 6.92 Å². The minimum atomic E-state index is 0.108. The summed E-state index contributed by atoms with van der Waals surface area (Å²) in [6.45, 7) is 4.01. The second kappa shape index (κ2) is 3.44. The Labute approximate surface area is 72.3 Å². The summed E-state index contributed by atoms with van der Waals surface area (Å²) in [5.74, 6) is 1.51. The van der Waals surface area contributed by atoms with Gasteiger partial charge in [0.2, 0.25) is 5.91 Å².